The molecule has 1 aromatic carbocycles. The second-order valence-corrected chi connectivity index (χ2v) is 4.62. The van der Waals surface area contributed by atoms with Crippen LogP contribution in [0.1, 0.15) is 42.6 Å². The van der Waals surface area contributed by atoms with Crippen LogP contribution in [0.25, 0.3) is 10.9 Å². The Morgan fingerprint density at radius 3 is 2.76 bits per heavy atom. The lowest BCUT2D eigenvalue weighted by atomic mass is 10.1. The van der Waals surface area contributed by atoms with Crippen molar-refractivity contribution in [3.05, 3.63) is 35.5 Å². The van der Waals surface area contributed by atoms with Crippen molar-refractivity contribution in [2.75, 3.05) is 0 Å². The van der Waals surface area contributed by atoms with Crippen LogP contribution >= 0.6 is 0 Å². The van der Waals surface area contributed by atoms with E-state index in [2.05, 4.69) is 24.5 Å². The lowest BCUT2D eigenvalue weighted by Crippen LogP contribution is -1.96. The molecule has 0 fully saturated rings. The van der Waals surface area contributed by atoms with Crippen molar-refractivity contribution in [1.82, 2.24) is 4.57 Å². The van der Waals surface area contributed by atoms with E-state index in [4.69, 9.17) is 0 Å². The number of aromatic nitrogens is 1. The van der Waals surface area contributed by atoms with E-state index in [0.717, 1.165) is 23.9 Å². The molecule has 0 bridgehead atoms. The van der Waals surface area contributed by atoms with Crippen LogP contribution in [0.15, 0.2) is 24.4 Å². The third-order valence-electron chi connectivity index (χ3n) is 3.23. The summed E-state index contributed by atoms with van der Waals surface area (Å²) in [5, 5.41) is 1.09. The summed E-state index contributed by atoms with van der Waals surface area (Å²) in [6, 6.07) is 6.17. The van der Waals surface area contributed by atoms with Gasteiger partial charge in [0.15, 0.2) is 5.78 Å². The highest BCUT2D eigenvalue weighted by Gasteiger charge is 2.12. The van der Waals surface area contributed by atoms with Gasteiger partial charge in [0, 0.05) is 23.7 Å². The zero-order valence-electron chi connectivity index (χ0n) is 10.8. The van der Waals surface area contributed by atoms with E-state index >= 15 is 0 Å². The van der Waals surface area contributed by atoms with Gasteiger partial charge < -0.3 is 4.57 Å². The zero-order chi connectivity index (χ0) is 12.4. The molecule has 2 nitrogen and oxygen atoms in total. The number of unbranched alkanes of at least 4 members (excludes halogenated alkanes) is 1. The smallest absolute Gasteiger partial charge is 0.161 e. The van der Waals surface area contributed by atoms with E-state index in [1.807, 2.05) is 18.3 Å². The molecule has 0 amide bonds. The number of hydrogen-bond acceptors (Lipinski definition) is 1. The van der Waals surface area contributed by atoms with Crippen LogP contribution in [0.4, 0.5) is 0 Å². The van der Waals surface area contributed by atoms with Gasteiger partial charge in [0.05, 0.1) is 5.52 Å². The summed E-state index contributed by atoms with van der Waals surface area (Å²) >= 11 is 0. The molecule has 0 saturated carbocycles. The maximum absolute atomic E-state index is 11.6. The van der Waals surface area contributed by atoms with Crippen LogP contribution in [-0.4, -0.2) is 10.4 Å². The third-order valence-corrected chi connectivity index (χ3v) is 3.23. The molecule has 2 rings (SSSR count). The first-order valence-electron chi connectivity index (χ1n) is 6.24. The van der Waals surface area contributed by atoms with Gasteiger partial charge in [-0.25, -0.2) is 0 Å². The number of carbonyl (C=O) groups excluding carboxylic acids is 1. The highest BCUT2D eigenvalue weighted by atomic mass is 16.1. The Hall–Kier alpha value is -1.57. The number of hydrogen-bond donors (Lipinski definition) is 0. The Labute approximate surface area is 102 Å². The average Bonchev–Trinajstić information content (AvgIpc) is 2.67. The maximum atomic E-state index is 11.6. The molecule has 0 spiro atoms. The molecule has 0 radical (unpaired) electrons. The number of nitrogens with zero attached hydrogens (tertiary/aromatic N) is 1. The fourth-order valence-electron chi connectivity index (χ4n) is 2.33. The largest absolute Gasteiger partial charge is 0.347 e. The predicted octanol–water partition coefficient (Wildman–Crippen LogP) is 3.95. The highest BCUT2D eigenvalue weighted by molar-refractivity contribution is 6.07. The quantitative estimate of drug-likeness (QED) is 0.727. The Morgan fingerprint density at radius 1 is 1.35 bits per heavy atom. The van der Waals surface area contributed by atoms with E-state index in [-0.39, 0.29) is 5.78 Å². The molecule has 90 valence electrons. The number of fused-ring (bicyclic) bond motifs is 1. The van der Waals surface area contributed by atoms with Gasteiger partial charge in [-0.15, -0.1) is 0 Å². The van der Waals surface area contributed by atoms with Crippen LogP contribution in [0.3, 0.4) is 0 Å². The van der Waals surface area contributed by atoms with Crippen molar-refractivity contribution in [2.45, 2.75) is 40.2 Å². The summed E-state index contributed by atoms with van der Waals surface area (Å²) in [6.45, 7) is 6.92. The third kappa shape index (κ3) is 2.12. The molecular formula is C15H19NO. The van der Waals surface area contributed by atoms with Crippen LogP contribution in [0.2, 0.25) is 0 Å². The molecule has 2 heteroatoms. The predicted molar refractivity (Wildman–Crippen MR) is 71.6 cm³/mol. The lowest BCUT2D eigenvalue weighted by molar-refractivity contribution is 0.101. The molecular weight excluding hydrogens is 210 g/mol. The molecule has 0 saturated heterocycles. The van der Waals surface area contributed by atoms with Gasteiger partial charge in [0.2, 0.25) is 0 Å². The van der Waals surface area contributed by atoms with Gasteiger partial charge in [-0.2, -0.15) is 0 Å². The Morgan fingerprint density at radius 2 is 2.12 bits per heavy atom. The summed E-state index contributed by atoms with van der Waals surface area (Å²) in [5.74, 6) is 0.149. The Balaban J connectivity index is 2.63. The molecule has 1 aromatic heterocycles. The first-order valence-corrected chi connectivity index (χ1v) is 6.24. The van der Waals surface area contributed by atoms with Crippen LogP contribution in [0.5, 0.6) is 0 Å². The van der Waals surface area contributed by atoms with E-state index in [9.17, 15) is 4.79 Å². The lowest BCUT2D eigenvalue weighted by Gasteiger charge is -2.05. The number of aryl methyl sites for hydroxylation is 2. The summed E-state index contributed by atoms with van der Waals surface area (Å²) in [4.78, 5) is 11.6. The van der Waals surface area contributed by atoms with Crippen molar-refractivity contribution in [3.63, 3.8) is 0 Å². The number of Topliss-reactive ketones (excluding diaryl/α,β-unsaturated/α-hetero) is 1. The molecule has 0 aliphatic carbocycles. The Kier molecular flexibility index (Phi) is 3.32. The van der Waals surface area contributed by atoms with Gasteiger partial charge in [0.25, 0.3) is 0 Å². The Bertz CT molecular complexity index is 551. The first kappa shape index (κ1) is 11.9. The van der Waals surface area contributed by atoms with Gasteiger partial charge in [-0.05, 0) is 25.8 Å². The van der Waals surface area contributed by atoms with E-state index in [0.29, 0.717) is 0 Å². The van der Waals surface area contributed by atoms with Gasteiger partial charge >= 0.3 is 0 Å². The van der Waals surface area contributed by atoms with Gasteiger partial charge in [0.1, 0.15) is 0 Å². The molecule has 0 aliphatic heterocycles. The number of ketones is 1. The van der Waals surface area contributed by atoms with E-state index < -0.39 is 0 Å². The SMILES string of the molecule is CCCCn1cc(C(C)=O)c2cccc(C)c21. The normalized spacial score (nSPS) is 11.0. The fourth-order valence-corrected chi connectivity index (χ4v) is 2.33. The molecule has 1 heterocycles. The highest BCUT2D eigenvalue weighted by Crippen LogP contribution is 2.25. The topological polar surface area (TPSA) is 22.0 Å². The summed E-state index contributed by atoms with van der Waals surface area (Å²) in [7, 11) is 0. The van der Waals surface area contributed by atoms with Crippen LogP contribution in [-0.2, 0) is 6.54 Å². The van der Waals surface area contributed by atoms with Gasteiger partial charge in [-0.3, -0.25) is 4.79 Å². The van der Waals surface area contributed by atoms with Gasteiger partial charge in [-0.1, -0.05) is 31.5 Å². The summed E-state index contributed by atoms with van der Waals surface area (Å²) in [6.07, 6.45) is 4.33. The second-order valence-electron chi connectivity index (χ2n) is 4.62. The molecule has 2 aromatic rings. The monoisotopic (exact) mass is 229 g/mol. The van der Waals surface area contributed by atoms with Crippen LogP contribution < -0.4 is 0 Å². The van der Waals surface area contributed by atoms with E-state index in [1.54, 1.807) is 6.92 Å². The molecule has 0 unspecified atom stereocenters. The molecule has 0 atom stereocenters. The molecule has 0 aliphatic rings. The number of benzene rings is 1. The molecule has 17 heavy (non-hydrogen) atoms. The minimum Gasteiger partial charge on any atom is -0.347 e. The standard InChI is InChI=1S/C15H19NO/c1-4-5-9-16-10-14(12(3)17)13-8-6-7-11(2)15(13)16/h6-8,10H,4-5,9H2,1-3H3. The average molecular weight is 229 g/mol. The van der Waals surface area contributed by atoms with Crippen molar-refractivity contribution in [2.24, 2.45) is 0 Å². The first-order chi connectivity index (χ1) is 8.15. The van der Waals surface area contributed by atoms with Crippen molar-refractivity contribution in [1.29, 1.82) is 0 Å². The van der Waals surface area contributed by atoms with E-state index in [1.165, 1.54) is 17.5 Å². The number of carbonyl (C=O) groups is 1. The maximum Gasteiger partial charge on any atom is 0.161 e. The minimum atomic E-state index is 0.149. The van der Waals surface area contributed by atoms with Crippen LogP contribution in [0, 0.1) is 6.92 Å². The number of para-hydroxylation sites is 1. The van der Waals surface area contributed by atoms with Crippen molar-refractivity contribution >= 4 is 16.7 Å². The zero-order valence-corrected chi connectivity index (χ0v) is 10.8. The van der Waals surface area contributed by atoms with Crippen molar-refractivity contribution < 1.29 is 4.79 Å². The number of rotatable bonds is 4. The summed E-state index contributed by atoms with van der Waals surface area (Å²) < 4.78 is 2.23. The van der Waals surface area contributed by atoms with Crippen molar-refractivity contribution in [3.8, 4) is 0 Å². The molecule has 0 N–H and O–H groups in total. The minimum absolute atomic E-state index is 0.149. The fraction of sp³-hybridized carbons (Fsp3) is 0.400. The second kappa shape index (κ2) is 4.74. The summed E-state index contributed by atoms with van der Waals surface area (Å²) in [5.41, 5.74) is 3.30.